The molecule has 4 aromatic rings. The van der Waals surface area contributed by atoms with Crippen molar-refractivity contribution in [1.82, 2.24) is 0 Å². The number of hydrogen-bond acceptors (Lipinski definition) is 1. The van der Waals surface area contributed by atoms with Gasteiger partial charge in [-0.3, -0.25) is 0 Å². The van der Waals surface area contributed by atoms with Crippen molar-refractivity contribution in [3.8, 4) is 5.75 Å². The predicted octanol–water partition coefficient (Wildman–Crippen LogP) is 7.23. The van der Waals surface area contributed by atoms with Gasteiger partial charge in [-0.15, -0.1) is 0 Å². The van der Waals surface area contributed by atoms with Crippen LogP contribution in [0.15, 0.2) is 72.8 Å². The van der Waals surface area contributed by atoms with E-state index < -0.39 is 11.6 Å². The van der Waals surface area contributed by atoms with Crippen LogP contribution in [0.3, 0.4) is 0 Å². The number of hydrogen-bond donors (Lipinski definition) is 0. The van der Waals surface area contributed by atoms with Crippen LogP contribution in [-0.4, -0.2) is 6.61 Å². The van der Waals surface area contributed by atoms with Crippen LogP contribution in [0.2, 0.25) is 0 Å². The molecule has 0 saturated carbocycles. The maximum atomic E-state index is 15.1. The topological polar surface area (TPSA) is 9.23 Å². The van der Waals surface area contributed by atoms with Crippen LogP contribution in [0.5, 0.6) is 5.75 Å². The molecule has 0 heterocycles. The summed E-state index contributed by atoms with van der Waals surface area (Å²) in [4.78, 5) is 0. The molecule has 0 fully saturated rings. The van der Waals surface area contributed by atoms with Gasteiger partial charge in [0.25, 0.3) is 0 Å². The molecule has 1 nitrogen and oxygen atoms in total. The third-order valence-electron chi connectivity index (χ3n) is 5.70. The molecule has 0 N–H and O–H groups in total. The summed E-state index contributed by atoms with van der Waals surface area (Å²) in [5.41, 5.74) is 3.60. The second kappa shape index (κ2) is 9.90. The van der Waals surface area contributed by atoms with Crippen LogP contribution < -0.4 is 4.74 Å². The fraction of sp³-hybridized carbons (Fsp3) is 0.214. The average Bonchev–Trinajstić information content (AvgIpc) is 2.80. The van der Waals surface area contributed by atoms with Crippen molar-refractivity contribution in [1.29, 1.82) is 0 Å². The Hall–Kier alpha value is -3.27. The largest absolute Gasteiger partial charge is 0.494 e. The standard InChI is InChI=1S/C28H25F3O/c1-2-32-24-13-6-19(7-14-24)3-4-20-8-15-25-23(17-20)12-11-22(28(25)31)10-5-21-9-16-26(29)27(30)18-21/h6-9,11-18H,2-5,10H2,1H3. The van der Waals surface area contributed by atoms with E-state index in [1.807, 2.05) is 43.3 Å². The van der Waals surface area contributed by atoms with Crippen molar-refractivity contribution < 1.29 is 17.9 Å². The van der Waals surface area contributed by atoms with Gasteiger partial charge in [0.05, 0.1) is 6.61 Å². The summed E-state index contributed by atoms with van der Waals surface area (Å²) < 4.78 is 47.0. The van der Waals surface area contributed by atoms with Gasteiger partial charge in [0.1, 0.15) is 11.6 Å². The molecule has 0 spiro atoms. The average molecular weight is 435 g/mol. The van der Waals surface area contributed by atoms with Gasteiger partial charge in [-0.25, -0.2) is 13.2 Å². The first kappa shape index (κ1) is 21.9. The highest BCUT2D eigenvalue weighted by molar-refractivity contribution is 5.84. The fourth-order valence-electron chi connectivity index (χ4n) is 3.92. The molecule has 0 radical (unpaired) electrons. The smallest absolute Gasteiger partial charge is 0.159 e. The van der Waals surface area contributed by atoms with Crippen LogP contribution in [-0.2, 0) is 25.7 Å². The molecule has 0 amide bonds. The number of rotatable bonds is 8. The van der Waals surface area contributed by atoms with Gasteiger partial charge in [-0.2, -0.15) is 0 Å². The zero-order valence-corrected chi connectivity index (χ0v) is 18.0. The summed E-state index contributed by atoms with van der Waals surface area (Å²) in [7, 11) is 0. The Morgan fingerprint density at radius 3 is 2.03 bits per heavy atom. The number of fused-ring (bicyclic) bond motifs is 1. The van der Waals surface area contributed by atoms with E-state index in [9.17, 15) is 8.78 Å². The van der Waals surface area contributed by atoms with Crippen molar-refractivity contribution in [3.05, 3.63) is 113 Å². The van der Waals surface area contributed by atoms with E-state index >= 15 is 4.39 Å². The summed E-state index contributed by atoms with van der Waals surface area (Å²) in [5, 5.41) is 1.45. The van der Waals surface area contributed by atoms with Crippen molar-refractivity contribution in [2.24, 2.45) is 0 Å². The molecule has 4 rings (SSSR count). The molecule has 0 bridgehead atoms. The van der Waals surface area contributed by atoms with Gasteiger partial charge in [0.15, 0.2) is 11.6 Å². The first-order valence-corrected chi connectivity index (χ1v) is 10.9. The van der Waals surface area contributed by atoms with Crippen LogP contribution in [0.1, 0.15) is 29.2 Å². The van der Waals surface area contributed by atoms with E-state index in [0.29, 0.717) is 36.0 Å². The van der Waals surface area contributed by atoms with Gasteiger partial charge in [0.2, 0.25) is 0 Å². The number of aryl methyl sites for hydroxylation is 4. The lowest BCUT2D eigenvalue weighted by Gasteiger charge is -2.10. The monoisotopic (exact) mass is 434 g/mol. The van der Waals surface area contributed by atoms with Gasteiger partial charge in [-0.1, -0.05) is 48.5 Å². The molecule has 0 saturated heterocycles. The van der Waals surface area contributed by atoms with Gasteiger partial charge < -0.3 is 4.74 Å². The Labute approximate surface area is 186 Å². The Balaban J connectivity index is 1.43. The first-order valence-electron chi connectivity index (χ1n) is 10.9. The van der Waals surface area contributed by atoms with Crippen LogP contribution in [0.25, 0.3) is 10.8 Å². The van der Waals surface area contributed by atoms with Crippen molar-refractivity contribution in [3.63, 3.8) is 0 Å². The molecule has 0 aromatic heterocycles. The summed E-state index contributed by atoms with van der Waals surface area (Å²) in [6.45, 7) is 2.62. The number of benzene rings is 4. The summed E-state index contributed by atoms with van der Waals surface area (Å²) in [6, 6.07) is 21.5. The van der Waals surface area contributed by atoms with E-state index in [2.05, 4.69) is 12.1 Å². The highest BCUT2D eigenvalue weighted by Gasteiger charge is 2.10. The summed E-state index contributed by atoms with van der Waals surface area (Å²) >= 11 is 0. The lowest BCUT2D eigenvalue weighted by atomic mass is 9.97. The first-order chi connectivity index (χ1) is 15.5. The molecule has 0 atom stereocenters. The van der Waals surface area contributed by atoms with E-state index in [4.69, 9.17) is 4.74 Å². The Bertz CT molecular complexity index is 1220. The molecule has 4 heteroatoms. The van der Waals surface area contributed by atoms with E-state index in [0.717, 1.165) is 35.6 Å². The minimum Gasteiger partial charge on any atom is -0.494 e. The highest BCUT2D eigenvalue weighted by atomic mass is 19.2. The molecular formula is C28H25F3O. The summed E-state index contributed by atoms with van der Waals surface area (Å²) in [6.07, 6.45) is 2.63. The Kier molecular flexibility index (Phi) is 6.79. The third-order valence-corrected chi connectivity index (χ3v) is 5.70. The summed E-state index contributed by atoms with van der Waals surface area (Å²) in [5.74, 6) is -1.12. The van der Waals surface area contributed by atoms with Crippen LogP contribution >= 0.6 is 0 Å². The Morgan fingerprint density at radius 2 is 1.28 bits per heavy atom. The molecule has 4 aromatic carbocycles. The van der Waals surface area contributed by atoms with Gasteiger partial charge in [0, 0.05) is 5.39 Å². The van der Waals surface area contributed by atoms with Crippen molar-refractivity contribution in [2.45, 2.75) is 32.6 Å². The lowest BCUT2D eigenvalue weighted by molar-refractivity contribution is 0.340. The second-order valence-corrected chi connectivity index (χ2v) is 7.92. The molecule has 0 aliphatic heterocycles. The van der Waals surface area contributed by atoms with Gasteiger partial charge >= 0.3 is 0 Å². The van der Waals surface area contributed by atoms with E-state index in [1.54, 1.807) is 6.07 Å². The minimum atomic E-state index is -0.876. The Morgan fingerprint density at radius 1 is 0.625 bits per heavy atom. The van der Waals surface area contributed by atoms with E-state index in [1.165, 1.54) is 17.7 Å². The molecule has 164 valence electrons. The fourth-order valence-corrected chi connectivity index (χ4v) is 3.92. The van der Waals surface area contributed by atoms with E-state index in [-0.39, 0.29) is 5.82 Å². The zero-order chi connectivity index (χ0) is 22.5. The normalized spacial score (nSPS) is 11.1. The zero-order valence-electron chi connectivity index (χ0n) is 18.0. The molecule has 0 aliphatic carbocycles. The number of halogens is 3. The maximum Gasteiger partial charge on any atom is 0.159 e. The third kappa shape index (κ3) is 5.13. The SMILES string of the molecule is CCOc1ccc(CCc2ccc3c(F)c(CCc4ccc(F)c(F)c4)ccc3c2)cc1. The quantitative estimate of drug-likeness (QED) is 0.284. The molecule has 0 unspecified atom stereocenters. The van der Waals surface area contributed by atoms with Gasteiger partial charge in [-0.05, 0) is 84.5 Å². The van der Waals surface area contributed by atoms with Crippen molar-refractivity contribution >= 4 is 10.8 Å². The molecule has 32 heavy (non-hydrogen) atoms. The highest BCUT2D eigenvalue weighted by Crippen LogP contribution is 2.25. The second-order valence-electron chi connectivity index (χ2n) is 7.92. The predicted molar refractivity (Wildman–Crippen MR) is 123 cm³/mol. The molecular weight excluding hydrogens is 409 g/mol. The van der Waals surface area contributed by atoms with Crippen molar-refractivity contribution in [2.75, 3.05) is 6.61 Å². The maximum absolute atomic E-state index is 15.1. The minimum absolute atomic E-state index is 0.247. The number of ether oxygens (including phenoxy) is 1. The van der Waals surface area contributed by atoms with Crippen LogP contribution in [0, 0.1) is 17.5 Å². The van der Waals surface area contributed by atoms with Crippen LogP contribution in [0.4, 0.5) is 13.2 Å². The molecule has 0 aliphatic rings. The lowest BCUT2D eigenvalue weighted by Crippen LogP contribution is -1.98.